The Labute approximate surface area is 244 Å². The summed E-state index contributed by atoms with van der Waals surface area (Å²) in [5, 5.41) is 5.28. The van der Waals surface area contributed by atoms with Crippen LogP contribution in [0.2, 0.25) is 0 Å². The second-order valence-corrected chi connectivity index (χ2v) is 11.3. The van der Waals surface area contributed by atoms with Crippen LogP contribution in [0, 0.1) is 11.6 Å². The molecule has 41 heavy (non-hydrogen) atoms. The number of nitrogens with zero attached hydrogens (tertiary/aromatic N) is 3. The Morgan fingerprint density at radius 2 is 1.90 bits per heavy atom. The number of likely N-dealkylation sites (N-methyl/N-ethyl adjacent to an activating group) is 1. The van der Waals surface area contributed by atoms with E-state index in [1.165, 1.54) is 47.7 Å². The van der Waals surface area contributed by atoms with Crippen molar-refractivity contribution in [2.75, 3.05) is 32.5 Å². The molecular weight excluding hydrogens is 568 g/mol. The maximum atomic E-state index is 15.0. The number of aromatic nitrogens is 1. The van der Waals surface area contributed by atoms with Crippen molar-refractivity contribution in [2.24, 2.45) is 0 Å². The smallest absolute Gasteiger partial charge is 0.264 e. The van der Waals surface area contributed by atoms with Gasteiger partial charge in [-0.05, 0) is 68.6 Å². The molecule has 0 radical (unpaired) electrons. The van der Waals surface area contributed by atoms with Gasteiger partial charge in [0.1, 0.15) is 11.6 Å². The van der Waals surface area contributed by atoms with E-state index in [4.69, 9.17) is 17.0 Å². The molecule has 0 aliphatic carbocycles. The number of thiocarbonyl (C=S) groups is 1. The number of ether oxygens (including phenoxy) is 1. The highest BCUT2D eigenvalue weighted by Crippen LogP contribution is 2.37. The summed E-state index contributed by atoms with van der Waals surface area (Å²) in [6.07, 6.45) is 2.49. The normalized spacial score (nSPS) is 14.9. The number of anilines is 1. The van der Waals surface area contributed by atoms with Crippen molar-refractivity contribution < 1.29 is 23.1 Å². The number of fused-ring (bicyclic) bond motifs is 1. The number of carbonyl (C=O) groups is 2. The molecular formula is C29H27F2N5O3S2. The fourth-order valence-corrected chi connectivity index (χ4v) is 5.77. The SMILES string of the molecule is CN(C)[C@H]1CCN(C(=O)c2cc3nccc(Oc4ccc(NC(=S)NC(=O)Cc5ccc(F)cc5)cc4F)c3s2)C1. The average Bonchev–Trinajstić information content (AvgIpc) is 3.60. The molecule has 1 saturated heterocycles. The molecule has 5 rings (SSSR count). The standard InChI is InChI=1S/C29H27F2N5O3S2/c1-35(2)20-10-12-36(16-20)28(38)25-15-22-27(41-25)24(9-11-32-22)39-23-8-7-19(14-21(23)31)33-29(40)34-26(37)13-17-3-5-18(30)6-4-17/h3-9,11,14-15,20H,10,12-13,16H2,1-2H3,(H2,33,34,37,40)/t20-/m0/s1. The van der Waals surface area contributed by atoms with Crippen molar-refractivity contribution in [1.82, 2.24) is 20.1 Å². The molecule has 0 spiro atoms. The van der Waals surface area contributed by atoms with Crippen LogP contribution >= 0.6 is 23.6 Å². The minimum Gasteiger partial charge on any atom is -0.453 e. The van der Waals surface area contributed by atoms with Gasteiger partial charge in [-0.2, -0.15) is 0 Å². The van der Waals surface area contributed by atoms with Crippen LogP contribution in [-0.4, -0.2) is 64.9 Å². The summed E-state index contributed by atoms with van der Waals surface area (Å²) >= 11 is 6.44. The number of hydrogen-bond acceptors (Lipinski definition) is 7. The molecule has 8 nitrogen and oxygen atoms in total. The van der Waals surface area contributed by atoms with E-state index in [0.717, 1.165) is 6.42 Å². The van der Waals surface area contributed by atoms with Crippen molar-refractivity contribution in [3.8, 4) is 11.5 Å². The van der Waals surface area contributed by atoms with E-state index in [1.54, 1.807) is 24.4 Å². The van der Waals surface area contributed by atoms with Gasteiger partial charge in [-0.15, -0.1) is 11.3 Å². The zero-order valence-electron chi connectivity index (χ0n) is 22.3. The molecule has 1 fully saturated rings. The molecule has 1 aliphatic rings. The molecule has 0 saturated carbocycles. The summed E-state index contributed by atoms with van der Waals surface area (Å²) in [7, 11) is 4.02. The highest BCUT2D eigenvalue weighted by atomic mass is 32.1. The molecule has 1 aliphatic heterocycles. The van der Waals surface area contributed by atoms with Gasteiger partial charge in [0.2, 0.25) is 5.91 Å². The Hall–Kier alpha value is -4.00. The Balaban J connectivity index is 1.23. The molecule has 212 valence electrons. The van der Waals surface area contributed by atoms with Crippen LogP contribution in [0.25, 0.3) is 10.2 Å². The summed E-state index contributed by atoms with van der Waals surface area (Å²) < 4.78 is 34.6. The first-order valence-electron chi connectivity index (χ1n) is 12.8. The van der Waals surface area contributed by atoms with Gasteiger partial charge < -0.3 is 25.2 Å². The van der Waals surface area contributed by atoms with Crippen LogP contribution in [0.5, 0.6) is 11.5 Å². The third-order valence-electron chi connectivity index (χ3n) is 6.71. The van der Waals surface area contributed by atoms with Crippen molar-refractivity contribution in [2.45, 2.75) is 18.9 Å². The maximum absolute atomic E-state index is 15.0. The fraction of sp³-hybridized carbons (Fsp3) is 0.241. The predicted molar refractivity (Wildman–Crippen MR) is 159 cm³/mol. The number of hydrogen-bond donors (Lipinski definition) is 2. The molecule has 2 N–H and O–H groups in total. The summed E-state index contributed by atoms with van der Waals surface area (Å²) in [6.45, 7) is 1.36. The summed E-state index contributed by atoms with van der Waals surface area (Å²) in [6, 6.07) is 13.5. The topological polar surface area (TPSA) is 86.8 Å². The maximum Gasteiger partial charge on any atom is 0.264 e. The quantitative estimate of drug-likeness (QED) is 0.284. The molecule has 1 atom stereocenters. The van der Waals surface area contributed by atoms with Gasteiger partial charge in [-0.1, -0.05) is 12.1 Å². The number of halogens is 2. The molecule has 2 aromatic heterocycles. The fourth-order valence-electron chi connectivity index (χ4n) is 4.50. The van der Waals surface area contributed by atoms with E-state index in [2.05, 4.69) is 20.5 Å². The second-order valence-electron chi connectivity index (χ2n) is 9.84. The van der Waals surface area contributed by atoms with Gasteiger partial charge in [-0.25, -0.2) is 8.78 Å². The van der Waals surface area contributed by atoms with Gasteiger partial charge in [0, 0.05) is 43.1 Å². The first-order valence-corrected chi connectivity index (χ1v) is 14.1. The van der Waals surface area contributed by atoms with Crippen molar-refractivity contribution in [3.05, 3.63) is 82.9 Å². The number of thiophene rings is 1. The van der Waals surface area contributed by atoms with E-state index in [0.29, 0.717) is 51.2 Å². The Morgan fingerprint density at radius 1 is 1.12 bits per heavy atom. The first kappa shape index (κ1) is 28.5. The van der Waals surface area contributed by atoms with Crippen LogP contribution in [-0.2, 0) is 11.2 Å². The number of nitrogens with one attached hydrogen (secondary N) is 2. The third-order valence-corrected chi connectivity index (χ3v) is 8.04. The number of rotatable bonds is 7. The van der Waals surface area contributed by atoms with Crippen LogP contribution in [0.3, 0.4) is 0 Å². The number of amides is 2. The first-order chi connectivity index (χ1) is 19.7. The highest BCUT2D eigenvalue weighted by Gasteiger charge is 2.29. The summed E-state index contributed by atoms with van der Waals surface area (Å²) in [4.78, 5) is 34.3. The number of carbonyl (C=O) groups excluding carboxylic acids is 2. The van der Waals surface area contributed by atoms with E-state index >= 15 is 4.39 Å². The lowest BCUT2D eigenvalue weighted by molar-refractivity contribution is -0.119. The molecule has 0 bridgehead atoms. The number of benzene rings is 2. The molecule has 4 aromatic rings. The Kier molecular flexibility index (Phi) is 8.52. The van der Waals surface area contributed by atoms with E-state index in [9.17, 15) is 14.0 Å². The van der Waals surface area contributed by atoms with Gasteiger partial charge in [-0.3, -0.25) is 14.6 Å². The zero-order chi connectivity index (χ0) is 29.1. The lowest BCUT2D eigenvalue weighted by atomic mass is 10.1. The lowest BCUT2D eigenvalue weighted by Crippen LogP contribution is -2.35. The monoisotopic (exact) mass is 595 g/mol. The number of pyridine rings is 1. The molecule has 2 amide bonds. The third kappa shape index (κ3) is 6.84. The van der Waals surface area contributed by atoms with E-state index in [1.807, 2.05) is 19.0 Å². The average molecular weight is 596 g/mol. The minimum absolute atomic E-state index is 0.00768. The minimum atomic E-state index is -0.653. The van der Waals surface area contributed by atoms with Gasteiger partial charge in [0.15, 0.2) is 16.7 Å². The second kappa shape index (κ2) is 12.2. The lowest BCUT2D eigenvalue weighted by Gasteiger charge is -2.19. The summed E-state index contributed by atoms with van der Waals surface area (Å²) in [5.41, 5.74) is 1.53. The van der Waals surface area contributed by atoms with Crippen molar-refractivity contribution >= 4 is 56.4 Å². The van der Waals surface area contributed by atoms with Gasteiger partial charge in [0.25, 0.3) is 5.91 Å². The van der Waals surface area contributed by atoms with Crippen molar-refractivity contribution in [1.29, 1.82) is 0 Å². The van der Waals surface area contributed by atoms with Crippen molar-refractivity contribution in [3.63, 3.8) is 0 Å². The Morgan fingerprint density at radius 3 is 2.61 bits per heavy atom. The van der Waals surface area contributed by atoms with Crippen LogP contribution in [0.15, 0.2) is 60.8 Å². The zero-order valence-corrected chi connectivity index (χ0v) is 24.0. The highest BCUT2D eigenvalue weighted by molar-refractivity contribution is 7.80. The largest absolute Gasteiger partial charge is 0.453 e. The summed E-state index contributed by atoms with van der Waals surface area (Å²) in [5.74, 6) is -1.13. The van der Waals surface area contributed by atoms with Gasteiger partial charge >= 0.3 is 0 Å². The van der Waals surface area contributed by atoms with Crippen LogP contribution < -0.4 is 15.4 Å². The van der Waals surface area contributed by atoms with E-state index in [-0.39, 0.29) is 29.0 Å². The molecule has 0 unspecified atom stereocenters. The predicted octanol–water partition coefficient (Wildman–Crippen LogP) is 5.20. The number of likely N-dealkylation sites (tertiary alicyclic amines) is 1. The molecule has 2 aromatic carbocycles. The Bertz CT molecular complexity index is 1610. The van der Waals surface area contributed by atoms with E-state index < -0.39 is 11.7 Å². The molecule has 12 heteroatoms. The molecule has 3 heterocycles. The van der Waals surface area contributed by atoms with Crippen LogP contribution in [0.1, 0.15) is 21.7 Å². The van der Waals surface area contributed by atoms with Crippen LogP contribution in [0.4, 0.5) is 14.5 Å². The van der Waals surface area contributed by atoms with Gasteiger partial charge in [0.05, 0.1) is 21.5 Å².